The van der Waals surface area contributed by atoms with Gasteiger partial charge < -0.3 is 15.3 Å². The van der Waals surface area contributed by atoms with Crippen molar-refractivity contribution < 1.29 is 18.7 Å². The SMILES string of the molecule is O=c1[nH]c2c(S(=O)(=O)c3cccc(O)c3)cccc2c(=O)n1O. The van der Waals surface area contributed by atoms with Crippen molar-refractivity contribution >= 4 is 20.7 Å². The second-order valence-electron chi connectivity index (χ2n) is 4.73. The molecule has 0 aliphatic rings. The number of fused-ring (bicyclic) bond motifs is 1. The molecule has 0 atom stereocenters. The van der Waals surface area contributed by atoms with E-state index in [1.54, 1.807) is 0 Å². The average molecular weight is 334 g/mol. The third-order valence-corrected chi connectivity index (χ3v) is 5.08. The molecule has 0 amide bonds. The van der Waals surface area contributed by atoms with Gasteiger partial charge in [0.15, 0.2) is 0 Å². The van der Waals surface area contributed by atoms with Gasteiger partial charge in [0.2, 0.25) is 9.84 Å². The van der Waals surface area contributed by atoms with E-state index in [0.29, 0.717) is 0 Å². The molecule has 0 aliphatic heterocycles. The molecule has 0 spiro atoms. The number of para-hydroxylation sites is 1. The highest BCUT2D eigenvalue weighted by Gasteiger charge is 2.22. The van der Waals surface area contributed by atoms with E-state index in [-0.39, 0.29) is 31.2 Å². The number of benzene rings is 2. The molecule has 2 aromatic carbocycles. The van der Waals surface area contributed by atoms with Crippen LogP contribution >= 0.6 is 0 Å². The molecule has 23 heavy (non-hydrogen) atoms. The normalized spacial score (nSPS) is 11.7. The lowest BCUT2D eigenvalue weighted by Crippen LogP contribution is -2.33. The third kappa shape index (κ3) is 2.27. The van der Waals surface area contributed by atoms with Crippen LogP contribution in [0.1, 0.15) is 0 Å². The maximum Gasteiger partial charge on any atom is 0.362 e. The number of hydrogen-bond donors (Lipinski definition) is 3. The Labute approximate surface area is 128 Å². The number of nitrogens with zero attached hydrogens (tertiary/aromatic N) is 1. The molecule has 9 heteroatoms. The minimum atomic E-state index is -4.09. The molecular weight excluding hydrogens is 324 g/mol. The summed E-state index contributed by atoms with van der Waals surface area (Å²) >= 11 is 0. The fourth-order valence-electron chi connectivity index (χ4n) is 2.21. The first-order chi connectivity index (χ1) is 10.8. The highest BCUT2D eigenvalue weighted by molar-refractivity contribution is 7.91. The quantitative estimate of drug-likeness (QED) is 0.584. The Bertz CT molecular complexity index is 1140. The van der Waals surface area contributed by atoms with Crippen LogP contribution in [-0.4, -0.2) is 28.4 Å². The molecule has 0 fully saturated rings. The van der Waals surface area contributed by atoms with E-state index in [0.717, 1.165) is 6.07 Å². The smallest absolute Gasteiger partial charge is 0.362 e. The summed E-state index contributed by atoms with van der Waals surface area (Å²) in [5.41, 5.74) is -2.39. The molecule has 3 N–H and O–H groups in total. The van der Waals surface area contributed by atoms with E-state index in [9.17, 15) is 28.3 Å². The fraction of sp³-hybridized carbons (Fsp3) is 0. The van der Waals surface area contributed by atoms with E-state index in [1.165, 1.54) is 36.4 Å². The standard InChI is InChI=1S/C14H10N2O6S/c17-8-3-1-4-9(7-8)23(21,22)11-6-2-5-10-12(11)15-14(19)16(20)13(10)18/h1-7,17,20H,(H,15,19). The predicted octanol–water partition coefficient (Wildman–Crippen LogP) is 0.466. The van der Waals surface area contributed by atoms with E-state index in [4.69, 9.17) is 0 Å². The van der Waals surface area contributed by atoms with Crippen molar-refractivity contribution in [2.75, 3.05) is 0 Å². The second kappa shape index (κ2) is 4.99. The molecule has 1 aromatic heterocycles. The van der Waals surface area contributed by atoms with Crippen LogP contribution in [0.2, 0.25) is 0 Å². The number of aromatic amines is 1. The lowest BCUT2D eigenvalue weighted by atomic mass is 10.2. The van der Waals surface area contributed by atoms with E-state index >= 15 is 0 Å². The minimum Gasteiger partial charge on any atom is -0.508 e. The summed E-state index contributed by atoms with van der Waals surface area (Å²) in [6.45, 7) is 0. The molecule has 0 saturated heterocycles. The van der Waals surface area contributed by atoms with Gasteiger partial charge in [0, 0.05) is 0 Å². The highest BCUT2D eigenvalue weighted by atomic mass is 32.2. The fourth-order valence-corrected chi connectivity index (χ4v) is 3.68. The second-order valence-corrected chi connectivity index (χ2v) is 6.64. The van der Waals surface area contributed by atoms with Crippen LogP contribution in [0.15, 0.2) is 61.8 Å². The largest absolute Gasteiger partial charge is 0.508 e. The number of aromatic hydroxyl groups is 1. The van der Waals surface area contributed by atoms with Crippen LogP contribution in [-0.2, 0) is 9.84 Å². The van der Waals surface area contributed by atoms with Crippen LogP contribution in [0.25, 0.3) is 10.9 Å². The van der Waals surface area contributed by atoms with Gasteiger partial charge in [-0.25, -0.2) is 13.2 Å². The van der Waals surface area contributed by atoms with Gasteiger partial charge in [-0.05, 0) is 30.3 Å². The Morgan fingerprint density at radius 1 is 1.04 bits per heavy atom. The molecule has 0 bridgehead atoms. The molecule has 3 rings (SSSR count). The Balaban J connectivity index is 2.42. The van der Waals surface area contributed by atoms with E-state index in [1.807, 2.05) is 0 Å². The van der Waals surface area contributed by atoms with Gasteiger partial charge in [0.1, 0.15) is 5.75 Å². The van der Waals surface area contributed by atoms with Crippen molar-refractivity contribution in [2.45, 2.75) is 9.79 Å². The molecule has 3 aromatic rings. The summed E-state index contributed by atoms with van der Waals surface area (Å²) in [5.74, 6) is -0.238. The third-order valence-electron chi connectivity index (χ3n) is 3.29. The summed E-state index contributed by atoms with van der Waals surface area (Å²) in [6.07, 6.45) is 0. The van der Waals surface area contributed by atoms with Crippen molar-refractivity contribution in [3.63, 3.8) is 0 Å². The van der Waals surface area contributed by atoms with Crippen LogP contribution in [0, 0.1) is 0 Å². The molecule has 1 heterocycles. The summed E-state index contributed by atoms with van der Waals surface area (Å²) < 4.78 is 25.3. The number of H-pyrrole nitrogens is 1. The molecule has 0 unspecified atom stereocenters. The number of aromatic nitrogens is 2. The molecule has 0 saturated carbocycles. The van der Waals surface area contributed by atoms with Crippen LogP contribution in [0.3, 0.4) is 0 Å². The average Bonchev–Trinajstić information content (AvgIpc) is 2.52. The van der Waals surface area contributed by atoms with Gasteiger partial charge in [-0.2, -0.15) is 0 Å². The van der Waals surface area contributed by atoms with Crippen LogP contribution < -0.4 is 11.2 Å². The van der Waals surface area contributed by atoms with E-state index < -0.39 is 21.1 Å². The van der Waals surface area contributed by atoms with Gasteiger partial charge in [-0.3, -0.25) is 4.79 Å². The van der Waals surface area contributed by atoms with Gasteiger partial charge in [-0.1, -0.05) is 16.9 Å². The Hall–Kier alpha value is -3.07. The topological polar surface area (TPSA) is 129 Å². The Morgan fingerprint density at radius 2 is 1.74 bits per heavy atom. The zero-order valence-corrected chi connectivity index (χ0v) is 12.2. The number of nitrogens with one attached hydrogen (secondary N) is 1. The molecule has 118 valence electrons. The zero-order chi connectivity index (χ0) is 16.8. The first-order valence-electron chi connectivity index (χ1n) is 6.34. The molecule has 8 nitrogen and oxygen atoms in total. The van der Waals surface area contributed by atoms with Crippen molar-refractivity contribution in [1.29, 1.82) is 0 Å². The Kier molecular flexibility index (Phi) is 3.22. The summed E-state index contributed by atoms with van der Waals surface area (Å²) in [6, 6.07) is 8.82. The number of rotatable bonds is 2. The van der Waals surface area contributed by atoms with E-state index in [2.05, 4.69) is 4.98 Å². The monoisotopic (exact) mass is 334 g/mol. The molecule has 0 aliphatic carbocycles. The first kappa shape index (κ1) is 14.9. The van der Waals surface area contributed by atoms with Crippen molar-refractivity contribution in [3.8, 4) is 5.75 Å². The number of hydrogen-bond acceptors (Lipinski definition) is 6. The maximum absolute atomic E-state index is 12.7. The first-order valence-corrected chi connectivity index (χ1v) is 7.82. The lowest BCUT2D eigenvalue weighted by molar-refractivity contribution is 0.162. The number of phenolic OH excluding ortho intramolecular Hbond substituents is 1. The zero-order valence-electron chi connectivity index (χ0n) is 11.4. The van der Waals surface area contributed by atoms with Gasteiger partial charge in [0.05, 0.1) is 20.7 Å². The Morgan fingerprint density at radius 3 is 2.43 bits per heavy atom. The van der Waals surface area contributed by atoms with Crippen molar-refractivity contribution in [3.05, 3.63) is 63.3 Å². The number of phenols is 1. The minimum absolute atomic E-state index is 0.132. The van der Waals surface area contributed by atoms with Crippen LogP contribution in [0.5, 0.6) is 5.75 Å². The number of sulfone groups is 1. The van der Waals surface area contributed by atoms with Gasteiger partial charge in [0.25, 0.3) is 5.56 Å². The van der Waals surface area contributed by atoms with Gasteiger partial charge >= 0.3 is 5.69 Å². The molecular formula is C14H10N2O6S. The lowest BCUT2D eigenvalue weighted by Gasteiger charge is -2.08. The summed E-state index contributed by atoms with van der Waals surface area (Å²) in [7, 11) is -4.09. The molecule has 0 radical (unpaired) electrons. The van der Waals surface area contributed by atoms with Crippen molar-refractivity contribution in [2.24, 2.45) is 0 Å². The van der Waals surface area contributed by atoms with Crippen molar-refractivity contribution in [1.82, 2.24) is 9.71 Å². The van der Waals surface area contributed by atoms with Crippen LogP contribution in [0.4, 0.5) is 0 Å². The summed E-state index contributed by atoms with van der Waals surface area (Å²) in [5, 5.41) is 18.6. The highest BCUT2D eigenvalue weighted by Crippen LogP contribution is 2.27. The maximum atomic E-state index is 12.7. The predicted molar refractivity (Wildman–Crippen MR) is 79.6 cm³/mol. The summed E-state index contributed by atoms with van der Waals surface area (Å²) in [4.78, 5) is 25.1. The van der Waals surface area contributed by atoms with Gasteiger partial charge in [-0.15, -0.1) is 0 Å².